The fourth-order valence-electron chi connectivity index (χ4n) is 2.08. The SMILES string of the molecule is O=C(CC1CCNC1)NCCc1ccc[nH]1. The third-order valence-corrected chi connectivity index (χ3v) is 3.02. The predicted octanol–water partition coefficient (Wildman–Crippen LogP) is 0.673. The van der Waals surface area contributed by atoms with Gasteiger partial charge in [0.25, 0.3) is 0 Å². The smallest absolute Gasteiger partial charge is 0.220 e. The molecule has 16 heavy (non-hydrogen) atoms. The lowest BCUT2D eigenvalue weighted by Crippen LogP contribution is -2.28. The maximum Gasteiger partial charge on any atom is 0.220 e. The van der Waals surface area contributed by atoms with Gasteiger partial charge < -0.3 is 15.6 Å². The van der Waals surface area contributed by atoms with E-state index in [0.29, 0.717) is 12.3 Å². The number of carbonyl (C=O) groups is 1. The molecule has 0 spiro atoms. The highest BCUT2D eigenvalue weighted by atomic mass is 16.1. The summed E-state index contributed by atoms with van der Waals surface area (Å²) in [4.78, 5) is 14.7. The van der Waals surface area contributed by atoms with E-state index in [-0.39, 0.29) is 5.91 Å². The zero-order valence-electron chi connectivity index (χ0n) is 9.46. The zero-order valence-corrected chi connectivity index (χ0v) is 9.46. The van der Waals surface area contributed by atoms with E-state index in [1.165, 1.54) is 5.69 Å². The normalized spacial score (nSPS) is 19.9. The summed E-state index contributed by atoms with van der Waals surface area (Å²) < 4.78 is 0. The minimum absolute atomic E-state index is 0.181. The Hall–Kier alpha value is -1.29. The minimum atomic E-state index is 0.181. The average molecular weight is 221 g/mol. The van der Waals surface area contributed by atoms with Crippen LogP contribution in [0, 0.1) is 5.92 Å². The van der Waals surface area contributed by atoms with Crippen LogP contribution in [0.15, 0.2) is 18.3 Å². The van der Waals surface area contributed by atoms with Gasteiger partial charge in [-0.05, 0) is 37.6 Å². The summed E-state index contributed by atoms with van der Waals surface area (Å²) in [5.74, 6) is 0.714. The van der Waals surface area contributed by atoms with Crippen molar-refractivity contribution in [3.63, 3.8) is 0 Å². The van der Waals surface area contributed by atoms with Crippen LogP contribution in [-0.4, -0.2) is 30.5 Å². The summed E-state index contributed by atoms with van der Waals surface area (Å²) in [6, 6.07) is 4.01. The number of nitrogens with one attached hydrogen (secondary N) is 3. The molecule has 1 aromatic rings. The van der Waals surface area contributed by atoms with Gasteiger partial charge in [-0.2, -0.15) is 0 Å². The molecule has 0 saturated carbocycles. The highest BCUT2D eigenvalue weighted by molar-refractivity contribution is 5.76. The maximum atomic E-state index is 11.6. The minimum Gasteiger partial charge on any atom is -0.365 e. The molecule has 0 radical (unpaired) electrons. The van der Waals surface area contributed by atoms with E-state index in [2.05, 4.69) is 15.6 Å². The second kappa shape index (κ2) is 5.70. The Morgan fingerprint density at radius 2 is 2.50 bits per heavy atom. The molecule has 3 N–H and O–H groups in total. The first-order valence-electron chi connectivity index (χ1n) is 5.94. The number of hydrogen-bond acceptors (Lipinski definition) is 2. The van der Waals surface area contributed by atoms with Crippen LogP contribution in [0.4, 0.5) is 0 Å². The maximum absolute atomic E-state index is 11.6. The van der Waals surface area contributed by atoms with Crippen molar-refractivity contribution >= 4 is 5.91 Å². The first kappa shape index (κ1) is 11.2. The van der Waals surface area contributed by atoms with Gasteiger partial charge in [0.05, 0.1) is 0 Å². The molecule has 1 unspecified atom stereocenters. The van der Waals surface area contributed by atoms with Crippen molar-refractivity contribution in [3.8, 4) is 0 Å². The van der Waals surface area contributed by atoms with Crippen molar-refractivity contribution in [2.24, 2.45) is 5.92 Å². The van der Waals surface area contributed by atoms with E-state index >= 15 is 0 Å². The van der Waals surface area contributed by atoms with E-state index in [0.717, 1.165) is 32.5 Å². The highest BCUT2D eigenvalue weighted by Gasteiger charge is 2.17. The van der Waals surface area contributed by atoms with Crippen molar-refractivity contribution in [3.05, 3.63) is 24.0 Å². The van der Waals surface area contributed by atoms with Crippen molar-refractivity contribution in [1.29, 1.82) is 0 Å². The molecule has 2 rings (SSSR count). The molecule has 1 atom stereocenters. The van der Waals surface area contributed by atoms with Gasteiger partial charge in [0.15, 0.2) is 0 Å². The lowest BCUT2D eigenvalue weighted by Gasteiger charge is -2.08. The third kappa shape index (κ3) is 3.38. The quantitative estimate of drug-likeness (QED) is 0.684. The summed E-state index contributed by atoms with van der Waals surface area (Å²) in [6.45, 7) is 2.77. The topological polar surface area (TPSA) is 56.9 Å². The number of rotatable bonds is 5. The summed E-state index contributed by atoms with van der Waals surface area (Å²) >= 11 is 0. The molecule has 88 valence electrons. The van der Waals surface area contributed by atoms with Crippen molar-refractivity contribution in [2.75, 3.05) is 19.6 Å². The predicted molar refractivity (Wildman–Crippen MR) is 63.1 cm³/mol. The van der Waals surface area contributed by atoms with Gasteiger partial charge in [-0.3, -0.25) is 4.79 Å². The molecule has 1 aliphatic heterocycles. The Morgan fingerprint density at radius 3 is 3.19 bits per heavy atom. The van der Waals surface area contributed by atoms with Crippen LogP contribution in [-0.2, 0) is 11.2 Å². The van der Waals surface area contributed by atoms with Crippen LogP contribution in [0.25, 0.3) is 0 Å². The lowest BCUT2D eigenvalue weighted by atomic mass is 10.0. The number of amides is 1. The van der Waals surface area contributed by atoms with E-state index in [9.17, 15) is 4.79 Å². The van der Waals surface area contributed by atoms with E-state index < -0.39 is 0 Å². The molecule has 1 amide bonds. The Balaban J connectivity index is 1.60. The molecule has 1 fully saturated rings. The monoisotopic (exact) mass is 221 g/mol. The molecule has 4 nitrogen and oxygen atoms in total. The van der Waals surface area contributed by atoms with Gasteiger partial charge >= 0.3 is 0 Å². The van der Waals surface area contributed by atoms with Crippen LogP contribution in [0.2, 0.25) is 0 Å². The second-order valence-electron chi connectivity index (χ2n) is 4.36. The van der Waals surface area contributed by atoms with Gasteiger partial charge in [0.2, 0.25) is 5.91 Å². The highest BCUT2D eigenvalue weighted by Crippen LogP contribution is 2.11. The Morgan fingerprint density at radius 1 is 1.56 bits per heavy atom. The molecule has 2 heterocycles. The Kier molecular flexibility index (Phi) is 3.99. The van der Waals surface area contributed by atoms with Crippen molar-refractivity contribution < 1.29 is 4.79 Å². The van der Waals surface area contributed by atoms with E-state index in [1.807, 2.05) is 18.3 Å². The summed E-state index contributed by atoms with van der Waals surface area (Å²) in [5, 5.41) is 6.23. The first-order valence-corrected chi connectivity index (χ1v) is 5.94. The van der Waals surface area contributed by atoms with Crippen molar-refractivity contribution in [1.82, 2.24) is 15.6 Å². The van der Waals surface area contributed by atoms with Crippen LogP contribution in [0.1, 0.15) is 18.5 Å². The average Bonchev–Trinajstić information content (AvgIpc) is 2.90. The molecule has 1 aliphatic rings. The number of aromatic nitrogens is 1. The third-order valence-electron chi connectivity index (χ3n) is 3.02. The fraction of sp³-hybridized carbons (Fsp3) is 0.583. The molecule has 1 saturated heterocycles. The van der Waals surface area contributed by atoms with Gasteiger partial charge in [0, 0.05) is 31.3 Å². The second-order valence-corrected chi connectivity index (χ2v) is 4.36. The van der Waals surface area contributed by atoms with Crippen LogP contribution in [0.5, 0.6) is 0 Å². The molecule has 0 aliphatic carbocycles. The van der Waals surface area contributed by atoms with Gasteiger partial charge in [-0.15, -0.1) is 0 Å². The van der Waals surface area contributed by atoms with Gasteiger partial charge in [-0.25, -0.2) is 0 Å². The zero-order chi connectivity index (χ0) is 11.2. The number of hydrogen-bond donors (Lipinski definition) is 3. The first-order chi connectivity index (χ1) is 7.84. The largest absolute Gasteiger partial charge is 0.365 e. The van der Waals surface area contributed by atoms with Crippen LogP contribution >= 0.6 is 0 Å². The molecule has 4 heteroatoms. The Bertz CT molecular complexity index is 315. The van der Waals surface area contributed by atoms with E-state index in [4.69, 9.17) is 0 Å². The number of carbonyl (C=O) groups excluding carboxylic acids is 1. The van der Waals surface area contributed by atoms with E-state index in [1.54, 1.807) is 0 Å². The molecule has 0 aromatic carbocycles. The van der Waals surface area contributed by atoms with Gasteiger partial charge in [-0.1, -0.05) is 0 Å². The standard InChI is InChI=1S/C12H19N3O/c16-12(8-10-3-6-13-9-10)15-7-4-11-2-1-5-14-11/h1-2,5,10,13-14H,3-4,6-9H2,(H,15,16). The van der Waals surface area contributed by atoms with Crippen LogP contribution in [0.3, 0.4) is 0 Å². The molecule has 1 aromatic heterocycles. The van der Waals surface area contributed by atoms with Gasteiger partial charge in [0.1, 0.15) is 0 Å². The fourth-order valence-corrected chi connectivity index (χ4v) is 2.08. The lowest BCUT2D eigenvalue weighted by molar-refractivity contribution is -0.121. The van der Waals surface area contributed by atoms with Crippen LogP contribution < -0.4 is 10.6 Å². The summed E-state index contributed by atoms with van der Waals surface area (Å²) in [6.07, 6.45) is 4.57. The summed E-state index contributed by atoms with van der Waals surface area (Å²) in [5.41, 5.74) is 1.17. The molecular formula is C12H19N3O. The Labute approximate surface area is 95.8 Å². The molecule has 0 bridgehead atoms. The summed E-state index contributed by atoms with van der Waals surface area (Å²) in [7, 11) is 0. The van der Waals surface area contributed by atoms with Crippen molar-refractivity contribution in [2.45, 2.75) is 19.3 Å². The number of aromatic amines is 1. The number of H-pyrrole nitrogens is 1. The molecular weight excluding hydrogens is 202 g/mol.